The molecule has 5 rings (SSSR count). The van der Waals surface area contributed by atoms with Crippen LogP contribution in [0.2, 0.25) is 0 Å². The van der Waals surface area contributed by atoms with Gasteiger partial charge in [0.2, 0.25) is 10.0 Å². The summed E-state index contributed by atoms with van der Waals surface area (Å²) >= 11 is 0. The molecule has 0 aliphatic carbocycles. The van der Waals surface area contributed by atoms with Gasteiger partial charge in [0.25, 0.3) is 0 Å². The standard InChI is InChI=1S/C21H14FN5O2S/c22-16-10-26-21-20(19(16)12-3-1-5-14(7-12)30(23,28)29)15-8-17(25-11-18(15)27-21)13-4-2-6-24-9-13/h1-11H,(H,26,27)(H2,23,28,29). The second-order valence-electron chi connectivity index (χ2n) is 6.76. The van der Waals surface area contributed by atoms with Gasteiger partial charge in [-0.3, -0.25) is 9.97 Å². The van der Waals surface area contributed by atoms with Gasteiger partial charge in [0.1, 0.15) is 11.5 Å². The molecule has 5 aromatic rings. The molecule has 4 aromatic heterocycles. The summed E-state index contributed by atoms with van der Waals surface area (Å²) in [5.74, 6) is -0.574. The van der Waals surface area contributed by atoms with Crippen LogP contribution in [-0.2, 0) is 10.0 Å². The first-order valence-corrected chi connectivity index (χ1v) is 10.5. The first-order chi connectivity index (χ1) is 14.4. The number of sulfonamides is 1. The number of halogens is 1. The number of hydrogen-bond acceptors (Lipinski definition) is 5. The van der Waals surface area contributed by atoms with Gasteiger partial charge in [-0.05, 0) is 35.9 Å². The van der Waals surface area contributed by atoms with E-state index in [4.69, 9.17) is 5.14 Å². The SMILES string of the molecule is NS(=O)(=O)c1cccc(-c2c(F)cnc3[nH]c4cnc(-c5cccnc5)cc4c23)c1. The molecular weight excluding hydrogens is 405 g/mol. The van der Waals surface area contributed by atoms with Crippen LogP contribution in [0.25, 0.3) is 44.3 Å². The van der Waals surface area contributed by atoms with E-state index in [1.54, 1.807) is 24.7 Å². The molecule has 0 amide bonds. The van der Waals surface area contributed by atoms with Crippen LogP contribution in [0.5, 0.6) is 0 Å². The summed E-state index contributed by atoms with van der Waals surface area (Å²) in [6, 6.07) is 11.4. The Bertz CT molecular complexity index is 1530. The van der Waals surface area contributed by atoms with Gasteiger partial charge in [0, 0.05) is 34.3 Å². The van der Waals surface area contributed by atoms with Crippen LogP contribution in [0.1, 0.15) is 0 Å². The number of nitrogens with one attached hydrogen (secondary N) is 1. The number of benzene rings is 1. The molecule has 0 atom stereocenters. The van der Waals surface area contributed by atoms with E-state index in [9.17, 15) is 12.8 Å². The number of fused-ring (bicyclic) bond motifs is 3. The summed E-state index contributed by atoms with van der Waals surface area (Å²) in [5.41, 5.74) is 3.25. The van der Waals surface area contributed by atoms with Gasteiger partial charge in [0.05, 0.1) is 28.5 Å². The first kappa shape index (κ1) is 18.3. The second-order valence-corrected chi connectivity index (χ2v) is 8.32. The number of H-pyrrole nitrogens is 1. The Labute approximate surface area is 170 Å². The van der Waals surface area contributed by atoms with E-state index >= 15 is 0 Å². The van der Waals surface area contributed by atoms with Crippen molar-refractivity contribution in [1.82, 2.24) is 19.9 Å². The van der Waals surface area contributed by atoms with Gasteiger partial charge < -0.3 is 4.98 Å². The lowest BCUT2D eigenvalue weighted by Gasteiger charge is -2.08. The van der Waals surface area contributed by atoms with Crippen molar-refractivity contribution in [2.24, 2.45) is 5.14 Å². The maximum atomic E-state index is 15.0. The third-order valence-electron chi connectivity index (χ3n) is 4.87. The quantitative estimate of drug-likeness (QED) is 0.463. The number of aromatic amines is 1. The molecule has 7 nitrogen and oxygen atoms in total. The fraction of sp³-hybridized carbons (Fsp3) is 0. The highest BCUT2D eigenvalue weighted by Gasteiger charge is 2.18. The van der Waals surface area contributed by atoms with Crippen molar-refractivity contribution in [1.29, 1.82) is 0 Å². The first-order valence-electron chi connectivity index (χ1n) is 8.91. The number of nitrogens with zero attached hydrogens (tertiary/aromatic N) is 3. The number of pyridine rings is 3. The molecule has 148 valence electrons. The number of hydrogen-bond donors (Lipinski definition) is 2. The van der Waals surface area contributed by atoms with Gasteiger partial charge in [-0.2, -0.15) is 0 Å². The van der Waals surface area contributed by atoms with E-state index in [1.807, 2.05) is 18.2 Å². The van der Waals surface area contributed by atoms with Crippen molar-refractivity contribution in [2.45, 2.75) is 4.90 Å². The van der Waals surface area contributed by atoms with Gasteiger partial charge in [-0.1, -0.05) is 12.1 Å². The lowest BCUT2D eigenvalue weighted by Crippen LogP contribution is -2.12. The third-order valence-corrected chi connectivity index (χ3v) is 5.78. The fourth-order valence-corrected chi connectivity index (χ4v) is 4.08. The summed E-state index contributed by atoms with van der Waals surface area (Å²) < 4.78 is 38.5. The topological polar surface area (TPSA) is 115 Å². The van der Waals surface area contributed by atoms with E-state index in [-0.39, 0.29) is 10.5 Å². The molecule has 0 unspecified atom stereocenters. The minimum atomic E-state index is -3.93. The van der Waals surface area contributed by atoms with E-state index in [0.29, 0.717) is 33.2 Å². The van der Waals surface area contributed by atoms with E-state index in [0.717, 1.165) is 11.8 Å². The van der Waals surface area contributed by atoms with Crippen LogP contribution in [-0.4, -0.2) is 28.4 Å². The Morgan fingerprint density at radius 2 is 1.80 bits per heavy atom. The zero-order chi connectivity index (χ0) is 20.9. The van der Waals surface area contributed by atoms with Crippen molar-refractivity contribution >= 4 is 32.0 Å². The fourth-order valence-electron chi connectivity index (χ4n) is 3.52. The summed E-state index contributed by atoms with van der Waals surface area (Å²) in [7, 11) is -3.93. The van der Waals surface area contributed by atoms with Crippen LogP contribution >= 0.6 is 0 Å². The van der Waals surface area contributed by atoms with Crippen molar-refractivity contribution in [3.8, 4) is 22.4 Å². The normalized spacial score (nSPS) is 11.9. The minimum absolute atomic E-state index is 0.0954. The summed E-state index contributed by atoms with van der Waals surface area (Å²) in [5, 5.41) is 6.50. The Hall–Kier alpha value is -3.69. The maximum Gasteiger partial charge on any atom is 0.238 e. The molecule has 9 heteroatoms. The Kier molecular flexibility index (Phi) is 4.09. The molecule has 0 radical (unpaired) electrons. The predicted octanol–water partition coefficient (Wildman–Crippen LogP) is 3.63. The highest BCUT2D eigenvalue weighted by Crippen LogP contribution is 2.37. The minimum Gasteiger partial charge on any atom is -0.338 e. The summed E-state index contributed by atoms with van der Waals surface area (Å²) in [6.45, 7) is 0. The maximum absolute atomic E-state index is 15.0. The van der Waals surface area contributed by atoms with Crippen molar-refractivity contribution in [3.63, 3.8) is 0 Å². The van der Waals surface area contributed by atoms with Crippen LogP contribution in [0.15, 0.2) is 72.1 Å². The largest absolute Gasteiger partial charge is 0.338 e. The smallest absolute Gasteiger partial charge is 0.238 e. The Morgan fingerprint density at radius 1 is 0.967 bits per heavy atom. The Morgan fingerprint density at radius 3 is 2.57 bits per heavy atom. The molecule has 0 saturated carbocycles. The molecule has 0 saturated heterocycles. The van der Waals surface area contributed by atoms with Gasteiger partial charge in [-0.15, -0.1) is 0 Å². The molecular formula is C21H14FN5O2S. The number of primary sulfonamides is 1. The molecule has 0 fully saturated rings. The molecule has 4 heterocycles. The summed E-state index contributed by atoms with van der Waals surface area (Å²) in [6.07, 6.45) is 6.12. The second kappa shape index (κ2) is 6.68. The molecule has 0 bridgehead atoms. The van der Waals surface area contributed by atoms with Gasteiger partial charge in [-0.25, -0.2) is 22.9 Å². The van der Waals surface area contributed by atoms with E-state index in [2.05, 4.69) is 19.9 Å². The van der Waals surface area contributed by atoms with Crippen LogP contribution < -0.4 is 5.14 Å². The summed E-state index contributed by atoms with van der Waals surface area (Å²) in [4.78, 5) is 15.8. The van der Waals surface area contributed by atoms with Gasteiger partial charge >= 0.3 is 0 Å². The van der Waals surface area contributed by atoms with E-state index < -0.39 is 15.8 Å². The zero-order valence-electron chi connectivity index (χ0n) is 15.4. The van der Waals surface area contributed by atoms with E-state index in [1.165, 1.54) is 18.2 Å². The molecule has 0 aliphatic rings. The van der Waals surface area contributed by atoms with Crippen LogP contribution in [0.3, 0.4) is 0 Å². The molecule has 30 heavy (non-hydrogen) atoms. The lowest BCUT2D eigenvalue weighted by molar-refractivity contribution is 0.597. The van der Waals surface area contributed by atoms with Gasteiger partial charge in [0.15, 0.2) is 0 Å². The molecule has 0 aliphatic heterocycles. The average molecular weight is 419 g/mol. The number of rotatable bonds is 3. The number of nitrogens with two attached hydrogens (primary N) is 1. The third kappa shape index (κ3) is 3.00. The highest BCUT2D eigenvalue weighted by molar-refractivity contribution is 7.89. The molecule has 3 N–H and O–H groups in total. The monoisotopic (exact) mass is 419 g/mol. The predicted molar refractivity (Wildman–Crippen MR) is 111 cm³/mol. The van der Waals surface area contributed by atoms with Crippen LogP contribution in [0, 0.1) is 5.82 Å². The van der Waals surface area contributed by atoms with Crippen LogP contribution in [0.4, 0.5) is 4.39 Å². The van der Waals surface area contributed by atoms with Crippen molar-refractivity contribution in [2.75, 3.05) is 0 Å². The zero-order valence-corrected chi connectivity index (χ0v) is 16.2. The van der Waals surface area contributed by atoms with Crippen molar-refractivity contribution in [3.05, 3.63) is 73.1 Å². The molecule has 1 aromatic carbocycles. The number of aromatic nitrogens is 4. The molecule has 0 spiro atoms. The average Bonchev–Trinajstić information content (AvgIpc) is 3.12. The van der Waals surface area contributed by atoms with Crippen molar-refractivity contribution < 1.29 is 12.8 Å². The Balaban J connectivity index is 1.83. The lowest BCUT2D eigenvalue weighted by atomic mass is 10.0. The highest BCUT2D eigenvalue weighted by atomic mass is 32.2.